The number of allylic oxidation sites excluding steroid dienone is 2. The van der Waals surface area contributed by atoms with Crippen molar-refractivity contribution < 1.29 is 0 Å². The second kappa shape index (κ2) is 6.78. The molecule has 0 heterocycles. The Hall–Kier alpha value is -3.50. The van der Waals surface area contributed by atoms with Crippen molar-refractivity contribution in [1.82, 2.24) is 0 Å². The van der Waals surface area contributed by atoms with E-state index in [1.165, 1.54) is 12.2 Å². The summed E-state index contributed by atoms with van der Waals surface area (Å²) in [5.41, 5.74) is 16.1. The van der Waals surface area contributed by atoms with E-state index in [2.05, 4.69) is 0 Å². The Bertz CT molecular complexity index is 727. The van der Waals surface area contributed by atoms with Gasteiger partial charge in [-0.25, -0.2) is 0 Å². The van der Waals surface area contributed by atoms with Gasteiger partial charge in [0.25, 0.3) is 0 Å². The van der Waals surface area contributed by atoms with Crippen LogP contribution in [0.3, 0.4) is 0 Å². The number of nitriles is 2. The zero-order chi connectivity index (χ0) is 15.9. The molecule has 22 heavy (non-hydrogen) atoms. The average Bonchev–Trinajstić information content (AvgIpc) is 2.55. The molecule has 4 heteroatoms. The molecule has 0 aromatic heterocycles. The maximum Gasteiger partial charge on any atom is 0.0933 e. The molecule has 2 aromatic rings. The minimum Gasteiger partial charge on any atom is -0.398 e. The molecule has 0 saturated carbocycles. The maximum atomic E-state index is 8.60. The zero-order valence-electron chi connectivity index (χ0n) is 11.8. The third-order valence-electron chi connectivity index (χ3n) is 3.21. The zero-order valence-corrected chi connectivity index (χ0v) is 11.8. The fraction of sp³-hybridized carbons (Fsp3) is 0. The standard InChI is InChI=1S/C18H14N4/c19-11-9-17(21)15-5-1-13(2-6-15)14-3-7-16(8-4-14)18(22)10-12-20/h1-10H,21-22H2/b17-9-,18-10-. The van der Waals surface area contributed by atoms with Gasteiger partial charge in [-0.2, -0.15) is 10.5 Å². The van der Waals surface area contributed by atoms with Crippen molar-refractivity contribution in [2.45, 2.75) is 0 Å². The molecule has 0 fully saturated rings. The van der Waals surface area contributed by atoms with Gasteiger partial charge in [-0.1, -0.05) is 48.5 Å². The van der Waals surface area contributed by atoms with E-state index in [0.29, 0.717) is 11.4 Å². The van der Waals surface area contributed by atoms with Gasteiger partial charge in [-0.05, 0) is 22.3 Å². The first-order chi connectivity index (χ1) is 10.7. The molecule has 2 aromatic carbocycles. The van der Waals surface area contributed by atoms with Crippen molar-refractivity contribution >= 4 is 11.4 Å². The molecule has 0 aliphatic heterocycles. The van der Waals surface area contributed by atoms with E-state index in [-0.39, 0.29) is 0 Å². The highest BCUT2D eigenvalue weighted by Gasteiger charge is 2.01. The Morgan fingerprint density at radius 1 is 0.682 bits per heavy atom. The van der Waals surface area contributed by atoms with Gasteiger partial charge in [0.2, 0.25) is 0 Å². The van der Waals surface area contributed by atoms with Crippen molar-refractivity contribution in [2.75, 3.05) is 0 Å². The van der Waals surface area contributed by atoms with Gasteiger partial charge in [-0.3, -0.25) is 0 Å². The largest absolute Gasteiger partial charge is 0.398 e. The van der Waals surface area contributed by atoms with Crippen molar-refractivity contribution in [3.8, 4) is 23.3 Å². The summed E-state index contributed by atoms with van der Waals surface area (Å²) in [4.78, 5) is 0. The van der Waals surface area contributed by atoms with E-state index in [9.17, 15) is 0 Å². The molecule has 0 aliphatic rings. The van der Waals surface area contributed by atoms with Gasteiger partial charge in [0.05, 0.1) is 12.1 Å². The molecular formula is C18H14N4. The number of rotatable bonds is 3. The number of hydrogen-bond donors (Lipinski definition) is 2. The summed E-state index contributed by atoms with van der Waals surface area (Å²) in [5.74, 6) is 0. The second-order valence-corrected chi connectivity index (χ2v) is 4.61. The van der Waals surface area contributed by atoms with Crippen LogP contribution in [0.2, 0.25) is 0 Å². The third kappa shape index (κ3) is 3.33. The summed E-state index contributed by atoms with van der Waals surface area (Å²) in [5, 5.41) is 17.2. The highest BCUT2D eigenvalue weighted by atomic mass is 14.6. The molecule has 106 valence electrons. The van der Waals surface area contributed by atoms with Gasteiger partial charge in [0.15, 0.2) is 0 Å². The SMILES string of the molecule is N#C/C=C(\N)c1ccc(-c2ccc(/C(N)=C/C#N)cc2)cc1. The summed E-state index contributed by atoms with van der Waals surface area (Å²) >= 11 is 0. The molecular weight excluding hydrogens is 272 g/mol. The molecule has 0 saturated heterocycles. The van der Waals surface area contributed by atoms with E-state index in [4.69, 9.17) is 22.0 Å². The van der Waals surface area contributed by atoms with Gasteiger partial charge in [-0.15, -0.1) is 0 Å². The van der Waals surface area contributed by atoms with Crippen LogP contribution in [-0.4, -0.2) is 0 Å². The first kappa shape index (κ1) is 14.9. The van der Waals surface area contributed by atoms with Crippen LogP contribution in [0.15, 0.2) is 60.7 Å². The monoisotopic (exact) mass is 286 g/mol. The minimum absolute atomic E-state index is 0.443. The summed E-state index contributed by atoms with van der Waals surface area (Å²) in [7, 11) is 0. The Labute approximate surface area is 129 Å². The van der Waals surface area contributed by atoms with Crippen LogP contribution in [0.1, 0.15) is 11.1 Å². The van der Waals surface area contributed by atoms with E-state index in [1.54, 1.807) is 0 Å². The minimum atomic E-state index is 0.443. The fourth-order valence-electron chi connectivity index (χ4n) is 2.02. The normalized spacial score (nSPS) is 11.5. The number of benzene rings is 2. The first-order valence-corrected chi connectivity index (χ1v) is 6.57. The van der Waals surface area contributed by atoms with Crippen LogP contribution in [-0.2, 0) is 0 Å². The van der Waals surface area contributed by atoms with Crippen molar-refractivity contribution in [3.05, 3.63) is 71.8 Å². The molecule has 4 nitrogen and oxygen atoms in total. The molecule has 0 atom stereocenters. The first-order valence-electron chi connectivity index (χ1n) is 6.57. The highest BCUT2D eigenvalue weighted by Crippen LogP contribution is 2.22. The topological polar surface area (TPSA) is 99.6 Å². The Kier molecular flexibility index (Phi) is 4.59. The lowest BCUT2D eigenvalue weighted by atomic mass is 10.0. The summed E-state index contributed by atoms with van der Waals surface area (Å²) in [6, 6.07) is 19.1. The average molecular weight is 286 g/mol. The van der Waals surface area contributed by atoms with Crippen molar-refractivity contribution in [1.29, 1.82) is 10.5 Å². The predicted molar refractivity (Wildman–Crippen MR) is 87.4 cm³/mol. The Morgan fingerprint density at radius 3 is 1.27 bits per heavy atom. The van der Waals surface area contributed by atoms with E-state index >= 15 is 0 Å². The fourth-order valence-corrected chi connectivity index (χ4v) is 2.02. The second-order valence-electron chi connectivity index (χ2n) is 4.61. The van der Waals surface area contributed by atoms with Crippen LogP contribution in [0.5, 0.6) is 0 Å². The lowest BCUT2D eigenvalue weighted by Gasteiger charge is -2.06. The third-order valence-corrected chi connectivity index (χ3v) is 3.21. The Morgan fingerprint density at radius 2 is 1.00 bits per heavy atom. The van der Waals surface area contributed by atoms with Crippen LogP contribution < -0.4 is 11.5 Å². The van der Waals surface area contributed by atoms with Crippen molar-refractivity contribution in [3.63, 3.8) is 0 Å². The Balaban J connectivity index is 2.27. The van der Waals surface area contributed by atoms with E-state index in [0.717, 1.165) is 22.3 Å². The number of hydrogen-bond acceptors (Lipinski definition) is 4. The van der Waals surface area contributed by atoms with Crippen LogP contribution in [0.4, 0.5) is 0 Å². The predicted octanol–water partition coefficient (Wildman–Crippen LogP) is 3.00. The lowest BCUT2D eigenvalue weighted by Crippen LogP contribution is -1.96. The van der Waals surface area contributed by atoms with Gasteiger partial charge >= 0.3 is 0 Å². The molecule has 0 aliphatic carbocycles. The van der Waals surface area contributed by atoms with Gasteiger partial charge < -0.3 is 11.5 Å². The van der Waals surface area contributed by atoms with Crippen molar-refractivity contribution in [2.24, 2.45) is 11.5 Å². The van der Waals surface area contributed by atoms with Gasteiger partial charge in [0.1, 0.15) is 0 Å². The summed E-state index contributed by atoms with van der Waals surface area (Å²) < 4.78 is 0. The van der Waals surface area contributed by atoms with Crippen LogP contribution in [0.25, 0.3) is 22.5 Å². The molecule has 2 rings (SSSR count). The molecule has 4 N–H and O–H groups in total. The number of nitrogens with two attached hydrogens (primary N) is 2. The summed E-state index contributed by atoms with van der Waals surface area (Å²) in [6.07, 6.45) is 2.63. The molecule has 0 radical (unpaired) electrons. The lowest BCUT2D eigenvalue weighted by molar-refractivity contribution is 1.47. The molecule has 0 spiro atoms. The van der Waals surface area contributed by atoms with E-state index in [1.807, 2.05) is 60.7 Å². The maximum absolute atomic E-state index is 8.60. The summed E-state index contributed by atoms with van der Waals surface area (Å²) in [6.45, 7) is 0. The molecule has 0 amide bonds. The number of nitrogens with zero attached hydrogens (tertiary/aromatic N) is 2. The quantitative estimate of drug-likeness (QED) is 0.847. The highest BCUT2D eigenvalue weighted by molar-refractivity contribution is 5.72. The molecule has 0 unspecified atom stereocenters. The molecule has 0 bridgehead atoms. The van der Waals surface area contributed by atoms with E-state index < -0.39 is 0 Å². The van der Waals surface area contributed by atoms with Crippen LogP contribution in [0, 0.1) is 22.7 Å². The van der Waals surface area contributed by atoms with Gasteiger partial charge in [0, 0.05) is 23.5 Å². The van der Waals surface area contributed by atoms with Crippen LogP contribution >= 0.6 is 0 Å². The smallest absolute Gasteiger partial charge is 0.0933 e.